The Labute approximate surface area is 103 Å². The molecule has 0 spiro atoms. The Hall–Kier alpha value is -2.37. The summed E-state index contributed by atoms with van der Waals surface area (Å²) in [4.78, 5) is 4.21. The summed E-state index contributed by atoms with van der Waals surface area (Å²) in [5.74, 6) is 1.25. The van der Waals surface area contributed by atoms with Gasteiger partial charge < -0.3 is 10.3 Å². The number of aromatic nitrogens is 4. The highest BCUT2D eigenvalue weighted by Gasteiger charge is 2.18. The molecule has 0 aliphatic rings. The molecule has 3 rings (SSSR count). The molecule has 0 radical (unpaired) electrons. The zero-order valence-electron chi connectivity index (χ0n) is 10.4. The van der Waals surface area contributed by atoms with Crippen LogP contribution in [0.15, 0.2) is 16.9 Å². The molecule has 3 aromatic heterocycles. The van der Waals surface area contributed by atoms with Crippen molar-refractivity contribution in [3.63, 3.8) is 0 Å². The van der Waals surface area contributed by atoms with Crippen LogP contribution in [0, 0.1) is 13.8 Å². The molecule has 18 heavy (non-hydrogen) atoms. The van der Waals surface area contributed by atoms with Gasteiger partial charge in [-0.3, -0.25) is 4.68 Å². The maximum atomic E-state index is 5.86. The Balaban J connectivity index is 2.44. The zero-order valence-corrected chi connectivity index (χ0v) is 10.4. The largest absolute Gasteiger partial charge is 0.383 e. The van der Waals surface area contributed by atoms with Gasteiger partial charge >= 0.3 is 0 Å². The average molecular weight is 243 g/mol. The number of nitrogens with two attached hydrogens (primary N) is 1. The summed E-state index contributed by atoms with van der Waals surface area (Å²) in [6.45, 7) is 3.79. The van der Waals surface area contributed by atoms with Crippen molar-refractivity contribution in [2.75, 3.05) is 5.73 Å². The Morgan fingerprint density at radius 3 is 2.72 bits per heavy atom. The topological polar surface area (TPSA) is 82.8 Å². The van der Waals surface area contributed by atoms with Gasteiger partial charge in [-0.15, -0.1) is 0 Å². The number of nitrogen functional groups attached to an aromatic ring is 1. The highest BCUT2D eigenvalue weighted by Crippen LogP contribution is 2.33. The smallest absolute Gasteiger partial charge is 0.141 e. The molecule has 3 aromatic rings. The van der Waals surface area contributed by atoms with Crippen LogP contribution in [0.1, 0.15) is 11.5 Å². The third-order valence-electron chi connectivity index (χ3n) is 3.11. The van der Waals surface area contributed by atoms with E-state index in [0.29, 0.717) is 5.82 Å². The molecule has 6 nitrogen and oxygen atoms in total. The van der Waals surface area contributed by atoms with Gasteiger partial charge in [0.2, 0.25) is 0 Å². The van der Waals surface area contributed by atoms with E-state index in [2.05, 4.69) is 15.2 Å². The first-order valence-electron chi connectivity index (χ1n) is 5.59. The van der Waals surface area contributed by atoms with Crippen LogP contribution in [0.5, 0.6) is 0 Å². The second kappa shape index (κ2) is 3.56. The standard InChI is InChI=1S/C12H13N5O/c1-6-10(7(2)18-16-6)8-4-14-12(13)9-5-15-17(3)11(8)9/h4-5H,1-3H3,(H2,13,14). The molecule has 0 saturated carbocycles. The summed E-state index contributed by atoms with van der Waals surface area (Å²) < 4.78 is 6.99. The van der Waals surface area contributed by atoms with E-state index in [1.54, 1.807) is 17.1 Å². The Bertz CT molecular complexity index is 721. The minimum atomic E-state index is 0.480. The Morgan fingerprint density at radius 1 is 1.28 bits per heavy atom. The molecule has 0 bridgehead atoms. The molecule has 0 aliphatic heterocycles. The van der Waals surface area contributed by atoms with Crippen LogP contribution < -0.4 is 5.73 Å². The van der Waals surface area contributed by atoms with Gasteiger partial charge in [-0.25, -0.2) is 4.98 Å². The zero-order chi connectivity index (χ0) is 12.9. The predicted octanol–water partition coefficient (Wildman–Crippen LogP) is 1.82. The van der Waals surface area contributed by atoms with Gasteiger partial charge in [0.05, 0.1) is 28.4 Å². The molecule has 6 heteroatoms. The number of nitrogens with zero attached hydrogens (tertiary/aromatic N) is 4. The summed E-state index contributed by atoms with van der Waals surface area (Å²) in [6.07, 6.45) is 3.46. The molecular weight excluding hydrogens is 230 g/mol. The Morgan fingerprint density at radius 2 is 2.06 bits per heavy atom. The summed E-state index contributed by atoms with van der Waals surface area (Å²) >= 11 is 0. The first-order chi connectivity index (χ1) is 8.59. The maximum absolute atomic E-state index is 5.86. The molecule has 0 atom stereocenters. The molecule has 0 fully saturated rings. The first-order valence-corrected chi connectivity index (χ1v) is 5.59. The molecule has 0 amide bonds. The summed E-state index contributed by atoms with van der Waals surface area (Å²) in [5.41, 5.74) is 9.54. The lowest BCUT2D eigenvalue weighted by molar-refractivity contribution is 0.393. The number of fused-ring (bicyclic) bond motifs is 1. The normalized spacial score (nSPS) is 11.3. The maximum Gasteiger partial charge on any atom is 0.141 e. The van der Waals surface area contributed by atoms with Gasteiger partial charge in [0.1, 0.15) is 11.6 Å². The third-order valence-corrected chi connectivity index (χ3v) is 3.11. The van der Waals surface area contributed by atoms with Gasteiger partial charge in [-0.1, -0.05) is 5.16 Å². The van der Waals surface area contributed by atoms with Crippen molar-refractivity contribution in [2.45, 2.75) is 13.8 Å². The highest BCUT2D eigenvalue weighted by molar-refractivity contribution is 5.99. The van der Waals surface area contributed by atoms with Gasteiger partial charge in [0, 0.05) is 18.8 Å². The van der Waals surface area contributed by atoms with E-state index >= 15 is 0 Å². The van der Waals surface area contributed by atoms with Crippen molar-refractivity contribution in [1.82, 2.24) is 19.9 Å². The van der Waals surface area contributed by atoms with Crippen molar-refractivity contribution in [1.29, 1.82) is 0 Å². The minimum Gasteiger partial charge on any atom is -0.383 e. The van der Waals surface area contributed by atoms with Crippen LogP contribution in [0.4, 0.5) is 5.82 Å². The van der Waals surface area contributed by atoms with E-state index in [1.165, 1.54) is 0 Å². The van der Waals surface area contributed by atoms with Crippen LogP contribution in [0.3, 0.4) is 0 Å². The molecule has 2 N–H and O–H groups in total. The van der Waals surface area contributed by atoms with Crippen molar-refractivity contribution < 1.29 is 4.52 Å². The first kappa shape index (κ1) is 10.8. The highest BCUT2D eigenvalue weighted by atomic mass is 16.5. The van der Waals surface area contributed by atoms with Gasteiger partial charge in [0.15, 0.2) is 0 Å². The van der Waals surface area contributed by atoms with E-state index in [1.807, 2.05) is 20.9 Å². The molecule has 0 saturated heterocycles. The third kappa shape index (κ3) is 1.32. The van der Waals surface area contributed by atoms with Crippen LogP contribution in [-0.4, -0.2) is 19.9 Å². The minimum absolute atomic E-state index is 0.480. The lowest BCUT2D eigenvalue weighted by Crippen LogP contribution is -1.97. The summed E-state index contributed by atoms with van der Waals surface area (Å²) in [6, 6.07) is 0. The van der Waals surface area contributed by atoms with Gasteiger partial charge in [-0.2, -0.15) is 5.10 Å². The number of hydrogen-bond acceptors (Lipinski definition) is 5. The van der Waals surface area contributed by atoms with Crippen LogP contribution in [0.25, 0.3) is 22.0 Å². The van der Waals surface area contributed by atoms with Gasteiger partial charge in [-0.05, 0) is 13.8 Å². The van der Waals surface area contributed by atoms with E-state index in [4.69, 9.17) is 10.3 Å². The quantitative estimate of drug-likeness (QED) is 0.704. The fourth-order valence-electron chi connectivity index (χ4n) is 2.26. The predicted molar refractivity (Wildman–Crippen MR) is 67.9 cm³/mol. The van der Waals surface area contributed by atoms with Crippen LogP contribution in [-0.2, 0) is 7.05 Å². The molecule has 0 aromatic carbocycles. The number of hydrogen-bond donors (Lipinski definition) is 1. The Kier molecular flexibility index (Phi) is 2.13. The SMILES string of the molecule is Cc1noc(C)c1-c1cnc(N)c2cnn(C)c12. The number of rotatable bonds is 1. The van der Waals surface area contributed by atoms with Crippen molar-refractivity contribution in [3.8, 4) is 11.1 Å². The van der Waals surface area contributed by atoms with Crippen molar-refractivity contribution >= 4 is 16.7 Å². The molecule has 0 aliphatic carbocycles. The lowest BCUT2D eigenvalue weighted by atomic mass is 10.0. The molecule has 0 unspecified atom stereocenters. The number of pyridine rings is 1. The second-order valence-electron chi connectivity index (χ2n) is 4.29. The van der Waals surface area contributed by atoms with Crippen molar-refractivity contribution in [3.05, 3.63) is 23.8 Å². The van der Waals surface area contributed by atoms with Crippen LogP contribution in [0.2, 0.25) is 0 Å². The monoisotopic (exact) mass is 243 g/mol. The molecule has 92 valence electrons. The van der Waals surface area contributed by atoms with E-state index in [0.717, 1.165) is 33.5 Å². The number of aryl methyl sites for hydroxylation is 3. The lowest BCUT2D eigenvalue weighted by Gasteiger charge is -2.05. The van der Waals surface area contributed by atoms with E-state index in [-0.39, 0.29) is 0 Å². The summed E-state index contributed by atoms with van der Waals surface area (Å²) in [7, 11) is 1.88. The van der Waals surface area contributed by atoms with E-state index in [9.17, 15) is 0 Å². The van der Waals surface area contributed by atoms with E-state index < -0.39 is 0 Å². The molecular formula is C12H13N5O. The average Bonchev–Trinajstić information content (AvgIpc) is 2.87. The van der Waals surface area contributed by atoms with Crippen molar-refractivity contribution in [2.24, 2.45) is 7.05 Å². The second-order valence-corrected chi connectivity index (χ2v) is 4.29. The fourth-order valence-corrected chi connectivity index (χ4v) is 2.26. The van der Waals surface area contributed by atoms with Gasteiger partial charge in [0.25, 0.3) is 0 Å². The van der Waals surface area contributed by atoms with Crippen LogP contribution >= 0.6 is 0 Å². The molecule has 3 heterocycles. The summed E-state index contributed by atoms with van der Waals surface area (Å²) in [5, 5.41) is 9.05. The fraction of sp³-hybridized carbons (Fsp3) is 0.250. The number of anilines is 1.